The molecule has 0 spiro atoms. The van der Waals surface area contributed by atoms with Crippen molar-refractivity contribution in [3.05, 3.63) is 48.0 Å². The van der Waals surface area contributed by atoms with Crippen LogP contribution >= 0.6 is 0 Å². The van der Waals surface area contributed by atoms with Gasteiger partial charge in [0.15, 0.2) is 0 Å². The number of pyridine rings is 1. The van der Waals surface area contributed by atoms with Crippen LogP contribution in [0.3, 0.4) is 0 Å². The van der Waals surface area contributed by atoms with Gasteiger partial charge in [0.05, 0.1) is 30.2 Å². The van der Waals surface area contributed by atoms with Crippen LogP contribution in [0.15, 0.2) is 36.8 Å². The summed E-state index contributed by atoms with van der Waals surface area (Å²) >= 11 is 0. The molecule has 110 valence electrons. The highest BCUT2D eigenvalue weighted by molar-refractivity contribution is 5.93. The number of nitrogens with one attached hydrogen (secondary N) is 1. The Kier molecular flexibility index (Phi) is 4.25. The first-order valence-corrected chi connectivity index (χ1v) is 7.12. The van der Waals surface area contributed by atoms with Gasteiger partial charge in [-0.05, 0) is 25.0 Å². The second kappa shape index (κ2) is 6.49. The molecule has 0 atom stereocenters. The number of rotatable bonds is 4. The largest absolute Gasteiger partial charge is 0.372 e. The lowest BCUT2D eigenvalue weighted by Gasteiger charge is -2.31. The van der Waals surface area contributed by atoms with Gasteiger partial charge in [-0.15, -0.1) is 0 Å². The number of piperidine rings is 1. The van der Waals surface area contributed by atoms with Gasteiger partial charge in [0, 0.05) is 25.5 Å². The van der Waals surface area contributed by atoms with Gasteiger partial charge in [0.1, 0.15) is 0 Å². The third-order valence-corrected chi connectivity index (χ3v) is 3.67. The quantitative estimate of drug-likeness (QED) is 0.927. The van der Waals surface area contributed by atoms with E-state index < -0.39 is 0 Å². The number of aromatic nitrogens is 3. The number of H-pyrrole nitrogens is 1. The maximum absolute atomic E-state index is 12.2. The van der Waals surface area contributed by atoms with Crippen LogP contribution in [0.25, 0.3) is 0 Å². The number of likely N-dealkylation sites (tertiary alicyclic amines) is 1. The van der Waals surface area contributed by atoms with Gasteiger partial charge in [-0.1, -0.05) is 6.07 Å². The average molecular weight is 286 g/mol. The first-order valence-electron chi connectivity index (χ1n) is 7.12. The summed E-state index contributed by atoms with van der Waals surface area (Å²) in [4.78, 5) is 18.3. The number of hydrogen-bond acceptors (Lipinski definition) is 4. The van der Waals surface area contributed by atoms with Crippen LogP contribution in [0.1, 0.15) is 28.9 Å². The number of amides is 1. The molecule has 0 aromatic carbocycles. The number of nitrogens with zero attached hydrogens (tertiary/aromatic N) is 3. The highest BCUT2D eigenvalue weighted by Gasteiger charge is 2.24. The third kappa shape index (κ3) is 3.46. The Hall–Kier alpha value is -2.21. The van der Waals surface area contributed by atoms with Crippen molar-refractivity contribution in [2.75, 3.05) is 13.1 Å². The van der Waals surface area contributed by atoms with Gasteiger partial charge < -0.3 is 9.64 Å². The standard InChI is InChI=1S/C15H18N4O2/c20-15(12-9-17-18-10-12)19-7-4-14(5-8-19)21-11-13-3-1-2-6-16-13/h1-3,6,9-10,14H,4-5,7-8,11H2,(H,17,18). The van der Waals surface area contributed by atoms with E-state index in [-0.39, 0.29) is 12.0 Å². The monoisotopic (exact) mass is 286 g/mol. The van der Waals surface area contributed by atoms with E-state index in [9.17, 15) is 4.79 Å². The summed E-state index contributed by atoms with van der Waals surface area (Å²) < 4.78 is 5.87. The fourth-order valence-corrected chi connectivity index (χ4v) is 2.46. The predicted octanol–water partition coefficient (Wildman–Crippen LogP) is 1.63. The molecule has 6 nitrogen and oxygen atoms in total. The fraction of sp³-hybridized carbons (Fsp3) is 0.400. The molecule has 1 aliphatic rings. The zero-order valence-corrected chi connectivity index (χ0v) is 11.7. The summed E-state index contributed by atoms with van der Waals surface area (Å²) in [7, 11) is 0. The molecule has 2 aromatic heterocycles. The Labute approximate surface area is 123 Å². The van der Waals surface area contributed by atoms with Gasteiger partial charge >= 0.3 is 0 Å². The number of carbonyl (C=O) groups is 1. The smallest absolute Gasteiger partial charge is 0.257 e. The third-order valence-electron chi connectivity index (χ3n) is 3.67. The molecule has 1 aliphatic heterocycles. The minimum atomic E-state index is 0.0342. The predicted molar refractivity (Wildman–Crippen MR) is 76.5 cm³/mol. The molecule has 1 N–H and O–H groups in total. The van der Waals surface area contributed by atoms with Crippen LogP contribution in [0.2, 0.25) is 0 Å². The molecule has 0 saturated carbocycles. The molecule has 3 heterocycles. The second-order valence-corrected chi connectivity index (χ2v) is 5.11. The lowest BCUT2D eigenvalue weighted by molar-refractivity contribution is -0.00160. The lowest BCUT2D eigenvalue weighted by Crippen LogP contribution is -2.40. The molecular weight excluding hydrogens is 268 g/mol. The molecule has 6 heteroatoms. The van der Waals surface area contributed by atoms with E-state index in [1.54, 1.807) is 18.6 Å². The van der Waals surface area contributed by atoms with Gasteiger partial charge in [-0.25, -0.2) is 0 Å². The van der Waals surface area contributed by atoms with Gasteiger partial charge in [0.2, 0.25) is 0 Å². The van der Waals surface area contributed by atoms with Gasteiger partial charge in [-0.2, -0.15) is 5.10 Å². The minimum Gasteiger partial charge on any atom is -0.372 e. The highest BCUT2D eigenvalue weighted by atomic mass is 16.5. The van der Waals surface area contributed by atoms with Crippen LogP contribution in [0.5, 0.6) is 0 Å². The molecule has 0 bridgehead atoms. The van der Waals surface area contributed by atoms with Crippen LogP contribution in [0, 0.1) is 0 Å². The minimum absolute atomic E-state index is 0.0342. The molecule has 2 aromatic rings. The molecule has 0 unspecified atom stereocenters. The maximum atomic E-state index is 12.2. The summed E-state index contributed by atoms with van der Waals surface area (Å²) in [6.07, 6.45) is 6.87. The SMILES string of the molecule is O=C(c1cn[nH]c1)N1CCC(OCc2ccccn2)CC1. The molecular formula is C15H18N4O2. The van der Waals surface area contributed by atoms with Crippen molar-refractivity contribution in [2.24, 2.45) is 0 Å². The van der Waals surface area contributed by atoms with Crippen molar-refractivity contribution in [1.82, 2.24) is 20.1 Å². The molecule has 1 saturated heterocycles. The summed E-state index contributed by atoms with van der Waals surface area (Å²) in [6.45, 7) is 1.97. The Morgan fingerprint density at radius 2 is 2.24 bits per heavy atom. The topological polar surface area (TPSA) is 71.1 Å². The maximum Gasteiger partial charge on any atom is 0.257 e. The molecule has 1 fully saturated rings. The van der Waals surface area contributed by atoms with Crippen molar-refractivity contribution < 1.29 is 9.53 Å². The molecule has 0 aliphatic carbocycles. The average Bonchev–Trinajstić information content (AvgIpc) is 3.08. The lowest BCUT2D eigenvalue weighted by atomic mass is 10.1. The Balaban J connectivity index is 1.46. The number of ether oxygens (including phenoxy) is 1. The van der Waals surface area contributed by atoms with E-state index in [1.807, 2.05) is 23.1 Å². The van der Waals surface area contributed by atoms with Gasteiger partial charge in [0.25, 0.3) is 5.91 Å². The highest BCUT2D eigenvalue weighted by Crippen LogP contribution is 2.17. The van der Waals surface area contributed by atoms with Crippen molar-refractivity contribution in [3.8, 4) is 0 Å². The second-order valence-electron chi connectivity index (χ2n) is 5.11. The molecule has 1 amide bonds. The first kappa shape index (κ1) is 13.8. The Morgan fingerprint density at radius 3 is 2.90 bits per heavy atom. The fourth-order valence-electron chi connectivity index (χ4n) is 2.46. The first-order chi connectivity index (χ1) is 10.3. The van der Waals surface area contributed by atoms with E-state index in [4.69, 9.17) is 4.74 Å². The van der Waals surface area contributed by atoms with E-state index >= 15 is 0 Å². The van der Waals surface area contributed by atoms with Crippen molar-refractivity contribution >= 4 is 5.91 Å². The summed E-state index contributed by atoms with van der Waals surface area (Å²) in [6, 6.07) is 5.80. The van der Waals surface area contributed by atoms with Crippen molar-refractivity contribution in [1.29, 1.82) is 0 Å². The molecule has 0 radical (unpaired) electrons. The summed E-state index contributed by atoms with van der Waals surface area (Å²) in [5, 5.41) is 6.48. The van der Waals surface area contributed by atoms with Crippen LogP contribution in [-0.2, 0) is 11.3 Å². The van der Waals surface area contributed by atoms with Crippen LogP contribution in [0.4, 0.5) is 0 Å². The number of aromatic amines is 1. The van der Waals surface area contributed by atoms with Crippen molar-refractivity contribution in [3.63, 3.8) is 0 Å². The van der Waals surface area contributed by atoms with E-state index in [2.05, 4.69) is 15.2 Å². The normalized spacial score (nSPS) is 16.1. The van der Waals surface area contributed by atoms with E-state index in [0.29, 0.717) is 12.2 Å². The van der Waals surface area contributed by atoms with E-state index in [1.165, 1.54) is 0 Å². The van der Waals surface area contributed by atoms with Crippen molar-refractivity contribution in [2.45, 2.75) is 25.6 Å². The zero-order valence-electron chi connectivity index (χ0n) is 11.7. The van der Waals surface area contributed by atoms with Crippen LogP contribution in [-0.4, -0.2) is 45.2 Å². The zero-order chi connectivity index (χ0) is 14.5. The Morgan fingerprint density at radius 1 is 1.38 bits per heavy atom. The molecule has 3 rings (SSSR count). The number of carbonyl (C=O) groups excluding carboxylic acids is 1. The Bertz CT molecular complexity index is 563. The molecule has 21 heavy (non-hydrogen) atoms. The van der Waals surface area contributed by atoms with Crippen LogP contribution < -0.4 is 0 Å². The van der Waals surface area contributed by atoms with E-state index in [0.717, 1.165) is 31.6 Å². The summed E-state index contributed by atoms with van der Waals surface area (Å²) in [5.41, 5.74) is 1.55. The number of hydrogen-bond donors (Lipinski definition) is 1. The van der Waals surface area contributed by atoms with Gasteiger partial charge in [-0.3, -0.25) is 14.9 Å². The summed E-state index contributed by atoms with van der Waals surface area (Å²) in [5.74, 6) is 0.0342.